The summed E-state index contributed by atoms with van der Waals surface area (Å²) in [6.45, 7) is 11.1. The summed E-state index contributed by atoms with van der Waals surface area (Å²) in [4.78, 5) is 2.39. The van der Waals surface area contributed by atoms with Crippen molar-refractivity contribution in [2.24, 2.45) is 12.5 Å². The van der Waals surface area contributed by atoms with Gasteiger partial charge in [-0.1, -0.05) is 27.7 Å². The molecule has 0 saturated carbocycles. The molecule has 0 radical (unpaired) electrons. The molecule has 2 heterocycles. The normalized spacial score (nSPS) is 19.6. The molecule has 0 bridgehead atoms. The van der Waals surface area contributed by atoms with Crippen molar-refractivity contribution in [3.8, 4) is 0 Å². The van der Waals surface area contributed by atoms with Crippen LogP contribution in [-0.2, 0) is 7.05 Å². The van der Waals surface area contributed by atoms with Gasteiger partial charge in [0.05, 0.1) is 11.4 Å². The Morgan fingerprint density at radius 1 is 1.22 bits per heavy atom. The first-order valence-corrected chi connectivity index (χ1v) is 6.89. The minimum Gasteiger partial charge on any atom is -0.394 e. The second-order valence-electron chi connectivity index (χ2n) is 6.55. The molecule has 0 unspecified atom stereocenters. The maximum absolute atomic E-state index is 6.28. The molecular formula is C14H26N4. The first kappa shape index (κ1) is 13.2. The standard InChI is InChI=1S/C14H26N4/c1-10(2)12-11(15)13(17(5)16-12)18-8-6-14(3,4)7-9-18/h10H,6-9,15H2,1-5H3. The monoisotopic (exact) mass is 250 g/mol. The van der Waals surface area contributed by atoms with Crippen LogP contribution in [0.3, 0.4) is 0 Å². The largest absolute Gasteiger partial charge is 0.394 e. The molecule has 102 valence electrons. The van der Waals surface area contributed by atoms with E-state index < -0.39 is 0 Å². The van der Waals surface area contributed by atoms with Gasteiger partial charge in [0.1, 0.15) is 5.82 Å². The predicted molar refractivity (Wildman–Crippen MR) is 76.9 cm³/mol. The van der Waals surface area contributed by atoms with Crippen molar-refractivity contribution < 1.29 is 0 Å². The van der Waals surface area contributed by atoms with E-state index in [2.05, 4.69) is 37.7 Å². The molecule has 1 aromatic rings. The molecule has 0 atom stereocenters. The highest BCUT2D eigenvalue weighted by atomic mass is 15.4. The zero-order valence-electron chi connectivity index (χ0n) is 12.3. The Balaban J connectivity index is 2.24. The van der Waals surface area contributed by atoms with Gasteiger partial charge in [0, 0.05) is 20.1 Å². The Morgan fingerprint density at radius 3 is 2.22 bits per heavy atom. The Labute approximate surface area is 110 Å². The third-order valence-electron chi connectivity index (χ3n) is 4.04. The summed E-state index contributed by atoms with van der Waals surface area (Å²) in [5, 5.41) is 4.57. The number of nitrogens with zero attached hydrogens (tertiary/aromatic N) is 3. The quantitative estimate of drug-likeness (QED) is 0.878. The Hall–Kier alpha value is -1.19. The SMILES string of the molecule is CC(C)c1nn(C)c(N2CCC(C)(C)CC2)c1N. The van der Waals surface area contributed by atoms with Crippen molar-refractivity contribution in [3.05, 3.63) is 5.69 Å². The van der Waals surface area contributed by atoms with Crippen molar-refractivity contribution >= 4 is 11.5 Å². The number of aromatic nitrogens is 2. The van der Waals surface area contributed by atoms with E-state index in [-0.39, 0.29) is 0 Å². The van der Waals surface area contributed by atoms with Crippen molar-refractivity contribution in [1.29, 1.82) is 0 Å². The molecule has 2 rings (SSSR count). The number of rotatable bonds is 2. The second kappa shape index (κ2) is 4.48. The summed E-state index contributed by atoms with van der Waals surface area (Å²) in [6.07, 6.45) is 2.43. The number of nitrogens with two attached hydrogens (primary N) is 1. The molecule has 1 aliphatic heterocycles. The van der Waals surface area contributed by atoms with Gasteiger partial charge in [0.25, 0.3) is 0 Å². The maximum Gasteiger partial charge on any atom is 0.150 e. The molecular weight excluding hydrogens is 224 g/mol. The van der Waals surface area contributed by atoms with Gasteiger partial charge >= 0.3 is 0 Å². The molecule has 4 heteroatoms. The van der Waals surface area contributed by atoms with Crippen LogP contribution in [0.4, 0.5) is 11.5 Å². The first-order chi connectivity index (χ1) is 8.32. The van der Waals surface area contributed by atoms with Crippen LogP contribution >= 0.6 is 0 Å². The van der Waals surface area contributed by atoms with E-state index >= 15 is 0 Å². The van der Waals surface area contributed by atoms with Crippen molar-refractivity contribution in [2.45, 2.75) is 46.5 Å². The Bertz CT molecular complexity index is 421. The van der Waals surface area contributed by atoms with Gasteiger partial charge in [-0.15, -0.1) is 0 Å². The van der Waals surface area contributed by atoms with Crippen LogP contribution < -0.4 is 10.6 Å². The Morgan fingerprint density at radius 2 is 1.78 bits per heavy atom. The zero-order chi connectivity index (χ0) is 13.5. The van der Waals surface area contributed by atoms with Crippen LogP contribution in [0.2, 0.25) is 0 Å². The van der Waals surface area contributed by atoms with Gasteiger partial charge in [0.15, 0.2) is 0 Å². The summed E-state index contributed by atoms with van der Waals surface area (Å²) in [5.41, 5.74) is 8.63. The lowest BCUT2D eigenvalue weighted by atomic mass is 9.82. The summed E-state index contributed by atoms with van der Waals surface area (Å²) in [6, 6.07) is 0. The van der Waals surface area contributed by atoms with Crippen LogP contribution in [0.1, 0.15) is 52.1 Å². The molecule has 0 amide bonds. The van der Waals surface area contributed by atoms with Gasteiger partial charge in [-0.25, -0.2) is 0 Å². The average molecular weight is 250 g/mol. The van der Waals surface area contributed by atoms with Gasteiger partial charge in [-0.2, -0.15) is 5.10 Å². The third kappa shape index (κ3) is 2.33. The highest BCUT2D eigenvalue weighted by Gasteiger charge is 2.29. The lowest BCUT2D eigenvalue weighted by Gasteiger charge is -2.38. The van der Waals surface area contributed by atoms with Crippen molar-refractivity contribution in [1.82, 2.24) is 9.78 Å². The number of anilines is 2. The number of aryl methyl sites for hydroxylation is 1. The van der Waals surface area contributed by atoms with Crippen molar-refractivity contribution in [3.63, 3.8) is 0 Å². The lowest BCUT2D eigenvalue weighted by Crippen LogP contribution is -2.38. The number of piperidine rings is 1. The van der Waals surface area contributed by atoms with Gasteiger partial charge in [-0.3, -0.25) is 4.68 Å². The van der Waals surface area contributed by atoms with E-state index in [1.807, 2.05) is 11.7 Å². The van der Waals surface area contributed by atoms with Gasteiger partial charge in [0.2, 0.25) is 0 Å². The molecule has 0 aromatic carbocycles. The summed E-state index contributed by atoms with van der Waals surface area (Å²) >= 11 is 0. The molecule has 1 fully saturated rings. The number of hydrogen-bond acceptors (Lipinski definition) is 3. The van der Waals surface area contributed by atoms with Crippen LogP contribution in [0.5, 0.6) is 0 Å². The average Bonchev–Trinajstić information content (AvgIpc) is 2.56. The molecule has 1 saturated heterocycles. The van der Waals surface area contributed by atoms with E-state index in [4.69, 9.17) is 5.73 Å². The molecule has 4 nitrogen and oxygen atoms in total. The molecule has 0 spiro atoms. The van der Waals surface area contributed by atoms with Gasteiger partial charge in [-0.05, 0) is 24.2 Å². The highest BCUT2D eigenvalue weighted by Crippen LogP contribution is 2.36. The second-order valence-corrected chi connectivity index (χ2v) is 6.55. The molecule has 1 aliphatic rings. The molecule has 0 aliphatic carbocycles. The fraction of sp³-hybridized carbons (Fsp3) is 0.786. The van der Waals surface area contributed by atoms with Crippen LogP contribution in [0.25, 0.3) is 0 Å². The fourth-order valence-corrected chi connectivity index (χ4v) is 2.68. The van der Waals surface area contributed by atoms with E-state index in [9.17, 15) is 0 Å². The van der Waals surface area contributed by atoms with Gasteiger partial charge < -0.3 is 10.6 Å². The molecule has 18 heavy (non-hydrogen) atoms. The maximum atomic E-state index is 6.28. The summed E-state index contributed by atoms with van der Waals surface area (Å²) in [5.74, 6) is 1.49. The van der Waals surface area contributed by atoms with Crippen LogP contribution in [0, 0.1) is 5.41 Å². The summed E-state index contributed by atoms with van der Waals surface area (Å²) in [7, 11) is 2.00. The smallest absolute Gasteiger partial charge is 0.150 e. The topological polar surface area (TPSA) is 47.1 Å². The third-order valence-corrected chi connectivity index (χ3v) is 4.04. The fourth-order valence-electron chi connectivity index (χ4n) is 2.68. The van der Waals surface area contributed by atoms with E-state index in [0.717, 1.165) is 30.3 Å². The van der Waals surface area contributed by atoms with E-state index in [1.165, 1.54) is 12.8 Å². The number of hydrogen-bond donors (Lipinski definition) is 1. The van der Waals surface area contributed by atoms with Crippen LogP contribution in [0.15, 0.2) is 0 Å². The zero-order valence-corrected chi connectivity index (χ0v) is 12.3. The molecule has 1 aromatic heterocycles. The molecule has 2 N–H and O–H groups in total. The van der Waals surface area contributed by atoms with E-state index in [0.29, 0.717) is 11.3 Å². The minimum absolute atomic E-state index is 0.381. The Kier molecular flexibility index (Phi) is 3.30. The lowest BCUT2D eigenvalue weighted by molar-refractivity contribution is 0.278. The minimum atomic E-state index is 0.381. The van der Waals surface area contributed by atoms with Crippen LogP contribution in [-0.4, -0.2) is 22.9 Å². The van der Waals surface area contributed by atoms with Crippen molar-refractivity contribution in [2.75, 3.05) is 23.7 Å². The predicted octanol–water partition coefficient (Wildman–Crippen LogP) is 2.75. The van der Waals surface area contributed by atoms with E-state index in [1.54, 1.807) is 0 Å². The number of nitrogen functional groups attached to an aromatic ring is 1. The highest BCUT2D eigenvalue weighted by molar-refractivity contribution is 5.67. The summed E-state index contributed by atoms with van der Waals surface area (Å²) < 4.78 is 1.95. The first-order valence-electron chi connectivity index (χ1n) is 6.89.